The number of benzene rings is 1. The van der Waals surface area contributed by atoms with Gasteiger partial charge in [-0.2, -0.15) is 11.8 Å². The highest BCUT2D eigenvalue weighted by molar-refractivity contribution is 7.99. The second-order valence-electron chi connectivity index (χ2n) is 7.81. The van der Waals surface area contributed by atoms with Gasteiger partial charge in [-0.3, -0.25) is 9.59 Å². The summed E-state index contributed by atoms with van der Waals surface area (Å²) in [5.41, 5.74) is 1.31. The van der Waals surface area contributed by atoms with Gasteiger partial charge in [0, 0.05) is 43.7 Å². The summed E-state index contributed by atoms with van der Waals surface area (Å²) in [6.07, 6.45) is 5.62. The van der Waals surface area contributed by atoms with E-state index in [-0.39, 0.29) is 17.2 Å². The molecule has 2 fully saturated rings. The minimum absolute atomic E-state index is 0.00967. The lowest BCUT2D eigenvalue weighted by Gasteiger charge is -2.29. The number of rotatable bonds is 6. The van der Waals surface area contributed by atoms with Crippen molar-refractivity contribution in [3.8, 4) is 0 Å². The fourth-order valence-electron chi connectivity index (χ4n) is 4.62. The number of aryl methyl sites for hydroxylation is 1. The molecule has 0 bridgehead atoms. The van der Waals surface area contributed by atoms with Gasteiger partial charge in [0.15, 0.2) is 0 Å². The highest BCUT2D eigenvalue weighted by Gasteiger charge is 2.53. The number of hydrogen-bond acceptors (Lipinski definition) is 5. The Hall–Kier alpha value is -1.86. The summed E-state index contributed by atoms with van der Waals surface area (Å²) in [6.45, 7) is 2.98. The van der Waals surface area contributed by atoms with Crippen LogP contribution in [0.5, 0.6) is 0 Å². The van der Waals surface area contributed by atoms with Crippen LogP contribution in [0.4, 0.5) is 0 Å². The van der Waals surface area contributed by atoms with Crippen molar-refractivity contribution < 1.29 is 9.59 Å². The van der Waals surface area contributed by atoms with Crippen LogP contribution in [0.25, 0.3) is 0 Å². The molecule has 0 radical (unpaired) electrons. The van der Waals surface area contributed by atoms with Crippen LogP contribution in [-0.4, -0.2) is 64.2 Å². The van der Waals surface area contributed by atoms with Crippen LogP contribution in [0.15, 0.2) is 42.6 Å². The van der Waals surface area contributed by atoms with Crippen LogP contribution in [0.3, 0.4) is 0 Å². The van der Waals surface area contributed by atoms with E-state index in [9.17, 15) is 9.59 Å². The third-order valence-corrected chi connectivity index (χ3v) is 7.34. The molecule has 7 heteroatoms. The molecule has 0 aliphatic carbocycles. The van der Waals surface area contributed by atoms with Gasteiger partial charge >= 0.3 is 0 Å². The van der Waals surface area contributed by atoms with E-state index in [1.165, 1.54) is 17.1 Å². The first kappa shape index (κ1) is 19.5. The summed E-state index contributed by atoms with van der Waals surface area (Å²) >= 11 is 2.83. The van der Waals surface area contributed by atoms with Gasteiger partial charge in [0.25, 0.3) is 5.91 Å². The summed E-state index contributed by atoms with van der Waals surface area (Å²) in [7, 11) is 0. The number of aromatic nitrogens is 1. The van der Waals surface area contributed by atoms with Crippen molar-refractivity contribution in [2.45, 2.75) is 12.8 Å². The van der Waals surface area contributed by atoms with Crippen LogP contribution in [0.2, 0.25) is 0 Å². The first-order valence-electron chi connectivity index (χ1n) is 9.62. The van der Waals surface area contributed by atoms with E-state index in [0.29, 0.717) is 16.5 Å². The zero-order chi connectivity index (χ0) is 19.6. The molecule has 2 saturated heterocycles. The summed E-state index contributed by atoms with van der Waals surface area (Å²) in [5, 5.41) is 0. The number of carbonyl (C=O) groups is 2. The predicted octanol–water partition coefficient (Wildman–Crippen LogP) is 3.04. The highest BCUT2D eigenvalue weighted by atomic mass is 32.2. The van der Waals surface area contributed by atoms with Crippen molar-refractivity contribution in [2.24, 2.45) is 11.3 Å². The van der Waals surface area contributed by atoms with Crippen LogP contribution < -0.4 is 0 Å². The quantitative estimate of drug-likeness (QED) is 0.728. The smallest absolute Gasteiger partial charge is 0.265 e. The molecule has 28 heavy (non-hydrogen) atoms. The summed E-state index contributed by atoms with van der Waals surface area (Å²) in [4.78, 5) is 30.1. The Kier molecular flexibility index (Phi) is 5.73. The van der Waals surface area contributed by atoms with E-state index in [0.717, 1.165) is 39.0 Å². The molecular weight excluding hydrogens is 390 g/mol. The Morgan fingerprint density at radius 2 is 1.93 bits per heavy atom. The van der Waals surface area contributed by atoms with Crippen molar-refractivity contribution in [3.05, 3.63) is 53.0 Å². The molecule has 148 valence electrons. The maximum absolute atomic E-state index is 12.9. The Morgan fingerprint density at radius 1 is 1.18 bits per heavy atom. The largest absolute Gasteiger partial charge is 0.341 e. The lowest BCUT2D eigenvalue weighted by atomic mass is 9.76. The van der Waals surface area contributed by atoms with Crippen molar-refractivity contribution >= 4 is 35.1 Å². The van der Waals surface area contributed by atoms with Gasteiger partial charge in [-0.25, -0.2) is 4.37 Å². The lowest BCUT2D eigenvalue weighted by Crippen LogP contribution is -2.39. The number of amides is 2. The molecule has 5 nitrogen and oxygen atoms in total. The zero-order valence-electron chi connectivity index (χ0n) is 16.0. The molecule has 1 aromatic carbocycles. The average molecular weight is 416 g/mol. The Morgan fingerprint density at radius 3 is 2.64 bits per heavy atom. The Labute approximate surface area is 174 Å². The molecule has 3 heterocycles. The highest BCUT2D eigenvalue weighted by Crippen LogP contribution is 2.46. The molecule has 0 spiro atoms. The number of fused-ring (bicyclic) bond motifs is 1. The second kappa shape index (κ2) is 8.25. The van der Waals surface area contributed by atoms with E-state index < -0.39 is 0 Å². The van der Waals surface area contributed by atoms with Crippen LogP contribution in [0.1, 0.15) is 21.7 Å². The van der Waals surface area contributed by atoms with E-state index in [1.54, 1.807) is 24.0 Å². The molecule has 2 atom stereocenters. The maximum atomic E-state index is 12.9. The minimum Gasteiger partial charge on any atom is -0.341 e. The molecule has 0 saturated carbocycles. The van der Waals surface area contributed by atoms with Crippen molar-refractivity contribution in [2.75, 3.05) is 38.2 Å². The maximum Gasteiger partial charge on any atom is 0.265 e. The molecule has 4 rings (SSSR count). The van der Waals surface area contributed by atoms with Crippen LogP contribution in [0, 0.1) is 11.3 Å². The molecular formula is C21H25N3O2S2. The van der Waals surface area contributed by atoms with Crippen LogP contribution >= 0.6 is 23.3 Å². The predicted molar refractivity (Wildman–Crippen MR) is 114 cm³/mol. The van der Waals surface area contributed by atoms with E-state index in [2.05, 4.69) is 28.6 Å². The standard InChI is InChI=1S/C21H25N3O2S2/c1-27-13-19(25)23-11-17-12-24(20(26)18-8-10-22-28-18)15-21(17,14-23)9-7-16-5-3-2-4-6-16/h2-6,8,10,17H,7,9,11-15H2,1H3. The SMILES string of the molecule is CSCC(=O)N1CC2CN(C(=O)c3ccns3)CC2(CCc2ccccc2)C1. The van der Waals surface area contributed by atoms with Crippen molar-refractivity contribution in [1.82, 2.24) is 14.2 Å². The molecule has 1 aromatic heterocycles. The third-order valence-electron chi connectivity index (χ3n) is 6.07. The second-order valence-corrected chi connectivity index (χ2v) is 9.51. The number of thioether (sulfide) groups is 1. The van der Waals surface area contributed by atoms with Gasteiger partial charge in [-0.1, -0.05) is 30.3 Å². The Bertz CT molecular complexity index is 827. The lowest BCUT2D eigenvalue weighted by molar-refractivity contribution is -0.127. The monoisotopic (exact) mass is 415 g/mol. The number of nitrogens with zero attached hydrogens (tertiary/aromatic N) is 3. The van der Waals surface area contributed by atoms with E-state index in [4.69, 9.17) is 0 Å². The fraction of sp³-hybridized carbons (Fsp3) is 0.476. The third kappa shape index (κ3) is 3.82. The molecule has 2 unspecified atom stereocenters. The number of likely N-dealkylation sites (tertiary alicyclic amines) is 2. The first-order chi connectivity index (χ1) is 13.6. The van der Waals surface area contributed by atoms with Gasteiger partial charge in [0.2, 0.25) is 5.91 Å². The number of carbonyl (C=O) groups excluding carboxylic acids is 2. The first-order valence-corrected chi connectivity index (χ1v) is 11.8. The van der Waals surface area contributed by atoms with Crippen molar-refractivity contribution in [1.29, 1.82) is 0 Å². The summed E-state index contributed by atoms with van der Waals surface area (Å²) < 4.78 is 4.07. The molecule has 2 aliphatic heterocycles. The normalized spacial score (nSPS) is 23.8. The zero-order valence-corrected chi connectivity index (χ0v) is 17.7. The summed E-state index contributed by atoms with van der Waals surface area (Å²) in [6, 6.07) is 12.3. The molecule has 2 amide bonds. The topological polar surface area (TPSA) is 53.5 Å². The minimum atomic E-state index is -0.00967. The number of hydrogen-bond donors (Lipinski definition) is 0. The van der Waals surface area contributed by atoms with E-state index >= 15 is 0 Å². The fourth-order valence-corrected chi connectivity index (χ4v) is 5.61. The van der Waals surface area contributed by atoms with Gasteiger partial charge in [0.05, 0.1) is 5.75 Å². The van der Waals surface area contributed by atoms with Crippen molar-refractivity contribution in [3.63, 3.8) is 0 Å². The van der Waals surface area contributed by atoms with Gasteiger partial charge in [-0.05, 0) is 42.3 Å². The van der Waals surface area contributed by atoms with E-state index in [1.807, 2.05) is 22.1 Å². The molecule has 2 aromatic rings. The van der Waals surface area contributed by atoms with Gasteiger partial charge in [-0.15, -0.1) is 0 Å². The summed E-state index contributed by atoms with van der Waals surface area (Å²) in [5.74, 6) is 1.18. The Balaban J connectivity index is 1.52. The van der Waals surface area contributed by atoms with Gasteiger partial charge in [0.1, 0.15) is 4.88 Å². The molecule has 0 N–H and O–H groups in total. The molecule has 2 aliphatic rings. The van der Waals surface area contributed by atoms with Gasteiger partial charge < -0.3 is 9.80 Å². The van der Waals surface area contributed by atoms with Crippen LogP contribution in [-0.2, 0) is 11.2 Å². The average Bonchev–Trinajstić information content (AvgIpc) is 3.42.